The molecule has 0 aromatic heterocycles. The molecule has 0 aromatic carbocycles. The lowest BCUT2D eigenvalue weighted by Gasteiger charge is -2.33. The molecule has 1 atom stereocenters. The summed E-state index contributed by atoms with van der Waals surface area (Å²) in [6.45, 7) is 0. The summed E-state index contributed by atoms with van der Waals surface area (Å²) < 4.78 is 0.429. The van der Waals surface area contributed by atoms with Gasteiger partial charge >= 0.3 is 5.97 Å². The van der Waals surface area contributed by atoms with Crippen LogP contribution in [0, 0.1) is 0 Å². The van der Waals surface area contributed by atoms with E-state index in [9.17, 15) is 9.59 Å². The number of aliphatic carboxylic acids is 1. The van der Waals surface area contributed by atoms with Gasteiger partial charge < -0.3 is 5.11 Å². The van der Waals surface area contributed by atoms with Gasteiger partial charge in [0, 0.05) is 0 Å². The van der Waals surface area contributed by atoms with E-state index in [-0.39, 0.29) is 17.0 Å². The number of fused-ring (bicyclic) bond motifs is 1. The first kappa shape index (κ1) is 8.00. The molecule has 64 valence electrons. The Hall–Kier alpha value is -0.620. The number of thioether (sulfide) groups is 1. The fraction of sp³-hybridized carbons (Fsp3) is 0.333. The number of thiol groups is 1. The van der Waals surface area contributed by atoms with Gasteiger partial charge in [-0.05, 0) is 0 Å². The standard InChI is InChI=1S/C6H5NO3S2/c8-2-1-3-7(2)4(5(9)10)6(11)12-3/h3,11H,1H2,(H,9,10)/t3-/m1/s1. The van der Waals surface area contributed by atoms with Gasteiger partial charge in [-0.2, -0.15) is 0 Å². The van der Waals surface area contributed by atoms with Gasteiger partial charge in [-0.15, -0.1) is 12.6 Å². The van der Waals surface area contributed by atoms with Crippen LogP contribution in [-0.2, 0) is 9.59 Å². The first-order valence-corrected chi connectivity index (χ1v) is 4.59. The largest absolute Gasteiger partial charge is 0.477 e. The normalized spacial score (nSPS) is 27.2. The number of carboxylic acid groups (broad SMARTS) is 1. The molecular weight excluding hydrogens is 198 g/mol. The van der Waals surface area contributed by atoms with Crippen LogP contribution in [0.2, 0.25) is 0 Å². The molecule has 2 aliphatic heterocycles. The Morgan fingerprint density at radius 2 is 2.42 bits per heavy atom. The summed E-state index contributed by atoms with van der Waals surface area (Å²) in [7, 11) is 0. The number of β-lactam (4-membered cyclic amide) rings is 1. The van der Waals surface area contributed by atoms with E-state index in [1.54, 1.807) is 0 Å². The minimum absolute atomic E-state index is 0.0175. The minimum Gasteiger partial charge on any atom is -0.477 e. The Balaban J connectivity index is 2.34. The molecule has 0 spiro atoms. The molecule has 2 aliphatic rings. The Labute approximate surface area is 78.0 Å². The van der Waals surface area contributed by atoms with Crippen molar-refractivity contribution in [3.63, 3.8) is 0 Å². The van der Waals surface area contributed by atoms with Gasteiger partial charge in [0.25, 0.3) is 0 Å². The van der Waals surface area contributed by atoms with Crippen molar-refractivity contribution in [2.24, 2.45) is 0 Å². The lowest BCUT2D eigenvalue weighted by atomic mass is 10.2. The van der Waals surface area contributed by atoms with Crippen molar-refractivity contribution in [3.8, 4) is 0 Å². The highest BCUT2D eigenvalue weighted by Crippen LogP contribution is 2.47. The van der Waals surface area contributed by atoms with Crippen molar-refractivity contribution in [1.29, 1.82) is 0 Å². The van der Waals surface area contributed by atoms with Gasteiger partial charge in [0.2, 0.25) is 5.91 Å². The summed E-state index contributed by atoms with van der Waals surface area (Å²) in [6, 6.07) is 0. The summed E-state index contributed by atoms with van der Waals surface area (Å²) in [5.74, 6) is -1.21. The summed E-state index contributed by atoms with van der Waals surface area (Å²) >= 11 is 5.32. The van der Waals surface area contributed by atoms with E-state index in [1.807, 2.05) is 0 Å². The topological polar surface area (TPSA) is 57.6 Å². The molecule has 0 unspecified atom stereocenters. The molecular formula is C6H5NO3S2. The highest BCUT2D eigenvalue weighted by atomic mass is 32.2. The number of carboxylic acids is 1. The van der Waals surface area contributed by atoms with E-state index >= 15 is 0 Å². The van der Waals surface area contributed by atoms with Gasteiger partial charge in [0.05, 0.1) is 16.0 Å². The second-order valence-electron chi connectivity index (χ2n) is 2.50. The third-order valence-corrected chi connectivity index (χ3v) is 3.39. The molecule has 2 heterocycles. The number of nitrogens with zero attached hydrogens (tertiary/aromatic N) is 1. The monoisotopic (exact) mass is 203 g/mol. The number of amides is 1. The van der Waals surface area contributed by atoms with Gasteiger partial charge in [-0.25, -0.2) is 4.79 Å². The van der Waals surface area contributed by atoms with Crippen molar-refractivity contribution in [1.82, 2.24) is 4.90 Å². The molecule has 0 aromatic rings. The average molecular weight is 203 g/mol. The van der Waals surface area contributed by atoms with Crippen LogP contribution in [0.25, 0.3) is 0 Å². The lowest BCUT2D eigenvalue weighted by Crippen LogP contribution is -2.48. The van der Waals surface area contributed by atoms with Gasteiger partial charge in [0.1, 0.15) is 0 Å². The van der Waals surface area contributed by atoms with Crippen LogP contribution >= 0.6 is 24.4 Å². The first-order chi connectivity index (χ1) is 5.61. The van der Waals surface area contributed by atoms with E-state index in [2.05, 4.69) is 12.6 Å². The Morgan fingerprint density at radius 1 is 1.75 bits per heavy atom. The Morgan fingerprint density at radius 3 is 2.83 bits per heavy atom. The van der Waals surface area contributed by atoms with Crippen LogP contribution in [0.1, 0.15) is 6.42 Å². The molecule has 0 radical (unpaired) electrons. The lowest BCUT2D eigenvalue weighted by molar-refractivity contribution is -0.145. The highest BCUT2D eigenvalue weighted by molar-refractivity contribution is 8.16. The third-order valence-electron chi connectivity index (χ3n) is 1.80. The molecule has 1 amide bonds. The molecule has 0 saturated carbocycles. The summed E-state index contributed by atoms with van der Waals surface area (Å²) in [5.41, 5.74) is 0.0320. The van der Waals surface area contributed by atoms with Crippen LogP contribution in [0.3, 0.4) is 0 Å². The van der Waals surface area contributed by atoms with Crippen LogP contribution in [0.4, 0.5) is 0 Å². The van der Waals surface area contributed by atoms with E-state index in [0.29, 0.717) is 10.7 Å². The first-order valence-electron chi connectivity index (χ1n) is 3.26. The predicted octanol–water partition coefficient (Wildman–Crippen LogP) is 0.475. The van der Waals surface area contributed by atoms with Gasteiger partial charge in [-0.1, -0.05) is 11.8 Å². The van der Waals surface area contributed by atoms with Crippen molar-refractivity contribution < 1.29 is 14.7 Å². The number of carbonyl (C=O) groups excluding carboxylic acids is 1. The van der Waals surface area contributed by atoms with Gasteiger partial charge in [0.15, 0.2) is 5.70 Å². The fourth-order valence-corrected chi connectivity index (χ4v) is 2.91. The van der Waals surface area contributed by atoms with E-state index in [0.717, 1.165) is 0 Å². The number of hydrogen-bond acceptors (Lipinski definition) is 4. The van der Waals surface area contributed by atoms with Crippen molar-refractivity contribution in [2.45, 2.75) is 11.8 Å². The number of rotatable bonds is 1. The van der Waals surface area contributed by atoms with E-state index in [4.69, 9.17) is 5.11 Å². The molecule has 1 fully saturated rings. The molecule has 6 heteroatoms. The average Bonchev–Trinajstić information content (AvgIpc) is 2.22. The molecule has 1 N–H and O–H groups in total. The van der Waals surface area contributed by atoms with E-state index < -0.39 is 5.97 Å². The molecule has 1 saturated heterocycles. The van der Waals surface area contributed by atoms with Crippen molar-refractivity contribution >= 4 is 36.3 Å². The van der Waals surface area contributed by atoms with Crippen LogP contribution in [0.5, 0.6) is 0 Å². The smallest absolute Gasteiger partial charge is 0.354 e. The fourth-order valence-electron chi connectivity index (χ4n) is 1.23. The maximum atomic E-state index is 11.0. The Kier molecular flexibility index (Phi) is 1.62. The quantitative estimate of drug-likeness (QED) is 0.480. The van der Waals surface area contributed by atoms with Crippen LogP contribution in [0.15, 0.2) is 9.93 Å². The van der Waals surface area contributed by atoms with Crippen molar-refractivity contribution in [2.75, 3.05) is 0 Å². The zero-order valence-corrected chi connectivity index (χ0v) is 7.56. The third kappa shape index (κ3) is 0.879. The number of hydrogen-bond donors (Lipinski definition) is 2. The molecule has 12 heavy (non-hydrogen) atoms. The molecule has 0 bridgehead atoms. The SMILES string of the molecule is O=C(O)C1=C(S)S[C@@H]2CC(=O)N12. The van der Waals surface area contributed by atoms with Crippen LogP contribution < -0.4 is 0 Å². The van der Waals surface area contributed by atoms with Crippen molar-refractivity contribution in [3.05, 3.63) is 9.93 Å². The maximum absolute atomic E-state index is 11.0. The Bertz CT molecular complexity index is 312. The zero-order valence-electron chi connectivity index (χ0n) is 5.85. The van der Waals surface area contributed by atoms with Gasteiger partial charge in [-0.3, -0.25) is 9.69 Å². The summed E-state index contributed by atoms with van der Waals surface area (Å²) in [4.78, 5) is 22.9. The number of carbonyl (C=O) groups is 2. The molecule has 4 nitrogen and oxygen atoms in total. The van der Waals surface area contributed by atoms with E-state index in [1.165, 1.54) is 16.7 Å². The molecule has 0 aliphatic carbocycles. The second kappa shape index (κ2) is 2.43. The predicted molar refractivity (Wildman–Crippen MR) is 46.5 cm³/mol. The minimum atomic E-state index is -1.08. The summed E-state index contributed by atoms with van der Waals surface area (Å²) in [5, 5.41) is 8.69. The van der Waals surface area contributed by atoms with Crippen LogP contribution in [-0.4, -0.2) is 27.3 Å². The molecule has 2 rings (SSSR count). The maximum Gasteiger partial charge on any atom is 0.354 e. The zero-order chi connectivity index (χ0) is 8.88. The highest BCUT2D eigenvalue weighted by Gasteiger charge is 2.47. The summed E-state index contributed by atoms with van der Waals surface area (Å²) in [6.07, 6.45) is 0.422. The second-order valence-corrected chi connectivity index (χ2v) is 4.44.